The van der Waals surface area contributed by atoms with Crippen LogP contribution in [0.5, 0.6) is 5.75 Å². The van der Waals surface area contributed by atoms with Gasteiger partial charge in [-0.25, -0.2) is 0 Å². The van der Waals surface area contributed by atoms with Crippen molar-refractivity contribution in [1.29, 1.82) is 0 Å². The van der Waals surface area contributed by atoms with E-state index in [1.807, 2.05) is 37.4 Å². The molecule has 0 aliphatic rings. The van der Waals surface area contributed by atoms with E-state index in [2.05, 4.69) is 35.6 Å². The summed E-state index contributed by atoms with van der Waals surface area (Å²) >= 11 is 0. The minimum Gasteiger partial charge on any atom is -0.494 e. The molecule has 1 N–H and O–H groups in total. The first-order chi connectivity index (χ1) is 9.90. The van der Waals surface area contributed by atoms with Gasteiger partial charge in [0.05, 0.1) is 6.61 Å². The van der Waals surface area contributed by atoms with Crippen LogP contribution in [0, 0.1) is 0 Å². The third-order valence-corrected chi connectivity index (χ3v) is 3.43. The highest BCUT2D eigenvalue weighted by Crippen LogP contribution is 2.20. The average molecular weight is 269 g/mol. The monoisotopic (exact) mass is 269 g/mol. The lowest BCUT2D eigenvalue weighted by atomic mass is 9.94. The highest BCUT2D eigenvalue weighted by atomic mass is 16.5. The predicted octanol–water partition coefficient (Wildman–Crippen LogP) is 3.85. The number of para-hydroxylation sites is 1. The quantitative estimate of drug-likeness (QED) is 0.735. The van der Waals surface area contributed by atoms with Crippen molar-refractivity contribution >= 4 is 0 Å². The number of hydrogen-bond acceptors (Lipinski definition) is 2. The molecule has 106 valence electrons. The second-order valence-electron chi connectivity index (χ2n) is 4.97. The van der Waals surface area contributed by atoms with Crippen LogP contribution in [-0.2, 0) is 0 Å². The molecular formula is C18H23NO. The van der Waals surface area contributed by atoms with E-state index < -0.39 is 0 Å². The third kappa shape index (κ3) is 4.71. The first-order valence-electron chi connectivity index (χ1n) is 7.27. The summed E-state index contributed by atoms with van der Waals surface area (Å²) in [5, 5.41) is 3.28. The van der Waals surface area contributed by atoms with Gasteiger partial charge < -0.3 is 10.1 Å². The molecule has 0 aliphatic heterocycles. The number of likely N-dealkylation sites (N-methyl/N-ethyl adjacent to an activating group) is 1. The lowest BCUT2D eigenvalue weighted by molar-refractivity contribution is 0.301. The molecule has 2 aromatic rings. The zero-order chi connectivity index (χ0) is 14.0. The van der Waals surface area contributed by atoms with Crippen molar-refractivity contribution in [3.05, 3.63) is 66.2 Å². The first kappa shape index (κ1) is 14.6. The fourth-order valence-corrected chi connectivity index (χ4v) is 2.39. The SMILES string of the molecule is CNC[C@H](CCCOc1ccccc1)c1ccccc1. The molecule has 0 amide bonds. The van der Waals surface area contributed by atoms with Crippen molar-refractivity contribution in [1.82, 2.24) is 5.32 Å². The largest absolute Gasteiger partial charge is 0.494 e. The Morgan fingerprint density at radius 1 is 0.950 bits per heavy atom. The van der Waals surface area contributed by atoms with Crippen molar-refractivity contribution in [2.45, 2.75) is 18.8 Å². The molecular weight excluding hydrogens is 246 g/mol. The molecule has 0 unspecified atom stereocenters. The molecule has 2 rings (SSSR count). The standard InChI is InChI=1S/C18H23NO/c1-19-15-17(16-9-4-2-5-10-16)11-8-14-20-18-12-6-3-7-13-18/h2-7,9-10,12-13,17,19H,8,11,14-15H2,1H3/t17-/m0/s1. The molecule has 0 heterocycles. The smallest absolute Gasteiger partial charge is 0.119 e. The maximum absolute atomic E-state index is 5.75. The minimum absolute atomic E-state index is 0.556. The van der Waals surface area contributed by atoms with Crippen LogP contribution >= 0.6 is 0 Å². The Balaban J connectivity index is 1.78. The van der Waals surface area contributed by atoms with Crippen LogP contribution in [0.2, 0.25) is 0 Å². The highest BCUT2D eigenvalue weighted by molar-refractivity contribution is 5.21. The van der Waals surface area contributed by atoms with Gasteiger partial charge in [-0.3, -0.25) is 0 Å². The topological polar surface area (TPSA) is 21.3 Å². The number of benzene rings is 2. The van der Waals surface area contributed by atoms with E-state index >= 15 is 0 Å². The molecule has 0 aromatic heterocycles. The van der Waals surface area contributed by atoms with E-state index in [4.69, 9.17) is 4.74 Å². The normalized spacial score (nSPS) is 12.1. The molecule has 20 heavy (non-hydrogen) atoms. The molecule has 0 saturated heterocycles. The lowest BCUT2D eigenvalue weighted by Crippen LogP contribution is -2.18. The van der Waals surface area contributed by atoms with Gasteiger partial charge in [0.2, 0.25) is 0 Å². The summed E-state index contributed by atoms with van der Waals surface area (Å²) in [6.07, 6.45) is 2.20. The molecule has 0 fully saturated rings. The third-order valence-electron chi connectivity index (χ3n) is 3.43. The zero-order valence-corrected chi connectivity index (χ0v) is 12.1. The summed E-state index contributed by atoms with van der Waals surface area (Å²) in [4.78, 5) is 0. The Morgan fingerprint density at radius 3 is 2.25 bits per heavy atom. The molecule has 2 aromatic carbocycles. The van der Waals surface area contributed by atoms with E-state index in [1.54, 1.807) is 0 Å². The van der Waals surface area contributed by atoms with E-state index in [0.717, 1.165) is 31.7 Å². The van der Waals surface area contributed by atoms with E-state index in [9.17, 15) is 0 Å². The average Bonchev–Trinajstić information content (AvgIpc) is 2.52. The molecule has 0 spiro atoms. The van der Waals surface area contributed by atoms with E-state index in [-0.39, 0.29) is 0 Å². The van der Waals surface area contributed by atoms with Crippen LogP contribution < -0.4 is 10.1 Å². The Kier molecular flexibility index (Phi) is 6.12. The molecule has 0 saturated carbocycles. The molecule has 0 radical (unpaired) electrons. The zero-order valence-electron chi connectivity index (χ0n) is 12.1. The van der Waals surface area contributed by atoms with E-state index in [1.165, 1.54) is 5.56 Å². The van der Waals surface area contributed by atoms with Gasteiger partial charge in [-0.05, 0) is 43.5 Å². The van der Waals surface area contributed by atoms with Gasteiger partial charge in [-0.1, -0.05) is 48.5 Å². The van der Waals surface area contributed by atoms with Crippen LogP contribution in [0.1, 0.15) is 24.3 Å². The summed E-state index contributed by atoms with van der Waals surface area (Å²) in [5.41, 5.74) is 1.40. The second kappa shape index (κ2) is 8.39. The van der Waals surface area contributed by atoms with Crippen molar-refractivity contribution in [2.24, 2.45) is 0 Å². The molecule has 0 bridgehead atoms. The second-order valence-corrected chi connectivity index (χ2v) is 4.97. The van der Waals surface area contributed by atoms with Gasteiger partial charge >= 0.3 is 0 Å². The van der Waals surface area contributed by atoms with Crippen LogP contribution in [0.25, 0.3) is 0 Å². The lowest BCUT2D eigenvalue weighted by Gasteiger charge is -2.17. The Morgan fingerprint density at radius 2 is 1.60 bits per heavy atom. The summed E-state index contributed by atoms with van der Waals surface area (Å²) in [7, 11) is 2.01. The van der Waals surface area contributed by atoms with Gasteiger partial charge in [0.15, 0.2) is 0 Å². The maximum Gasteiger partial charge on any atom is 0.119 e. The minimum atomic E-state index is 0.556. The Labute approximate surface area is 121 Å². The highest BCUT2D eigenvalue weighted by Gasteiger charge is 2.09. The van der Waals surface area contributed by atoms with Gasteiger partial charge in [-0.15, -0.1) is 0 Å². The Bertz CT molecular complexity index is 469. The van der Waals surface area contributed by atoms with Crippen molar-refractivity contribution in [3.8, 4) is 5.75 Å². The summed E-state index contributed by atoms with van der Waals surface area (Å²) < 4.78 is 5.75. The van der Waals surface area contributed by atoms with Gasteiger partial charge in [0.25, 0.3) is 0 Å². The molecule has 0 aliphatic carbocycles. The van der Waals surface area contributed by atoms with Gasteiger partial charge in [0.1, 0.15) is 5.75 Å². The van der Waals surface area contributed by atoms with Gasteiger partial charge in [0, 0.05) is 6.54 Å². The number of rotatable bonds is 8. The van der Waals surface area contributed by atoms with Crippen LogP contribution in [0.15, 0.2) is 60.7 Å². The number of nitrogens with one attached hydrogen (secondary N) is 1. The van der Waals surface area contributed by atoms with Gasteiger partial charge in [-0.2, -0.15) is 0 Å². The predicted molar refractivity (Wildman–Crippen MR) is 84.3 cm³/mol. The maximum atomic E-state index is 5.75. The van der Waals surface area contributed by atoms with Crippen LogP contribution in [0.3, 0.4) is 0 Å². The van der Waals surface area contributed by atoms with E-state index in [0.29, 0.717) is 5.92 Å². The summed E-state index contributed by atoms with van der Waals surface area (Å²) in [5.74, 6) is 1.51. The van der Waals surface area contributed by atoms with Crippen LogP contribution in [0.4, 0.5) is 0 Å². The molecule has 2 nitrogen and oxygen atoms in total. The summed E-state index contributed by atoms with van der Waals surface area (Å²) in [6, 6.07) is 20.7. The fourth-order valence-electron chi connectivity index (χ4n) is 2.39. The fraction of sp³-hybridized carbons (Fsp3) is 0.333. The number of hydrogen-bond donors (Lipinski definition) is 1. The van der Waals surface area contributed by atoms with Crippen molar-refractivity contribution < 1.29 is 4.74 Å². The number of ether oxygens (including phenoxy) is 1. The van der Waals surface area contributed by atoms with Crippen molar-refractivity contribution in [3.63, 3.8) is 0 Å². The Hall–Kier alpha value is -1.80. The molecule has 2 heteroatoms. The first-order valence-corrected chi connectivity index (χ1v) is 7.27. The summed E-state index contributed by atoms with van der Waals surface area (Å²) in [6.45, 7) is 1.78. The molecule has 1 atom stereocenters. The van der Waals surface area contributed by atoms with Crippen LogP contribution in [-0.4, -0.2) is 20.2 Å². The van der Waals surface area contributed by atoms with Crippen molar-refractivity contribution in [2.75, 3.05) is 20.2 Å².